The Kier molecular flexibility index (Phi) is 3.80. The van der Waals surface area contributed by atoms with Gasteiger partial charge in [0.15, 0.2) is 5.49 Å². The second-order valence-corrected chi connectivity index (χ2v) is 4.15. The number of aromatic nitrogens is 2. The second-order valence-electron chi connectivity index (χ2n) is 3.71. The van der Waals surface area contributed by atoms with Crippen LogP contribution in [0.25, 0.3) is 0 Å². The maximum absolute atomic E-state index is 10.9. The van der Waals surface area contributed by atoms with Crippen molar-refractivity contribution in [3.63, 3.8) is 0 Å². The third-order valence-electron chi connectivity index (χ3n) is 2.33. The van der Waals surface area contributed by atoms with E-state index in [2.05, 4.69) is 9.98 Å². The molecule has 0 aliphatic rings. The van der Waals surface area contributed by atoms with Gasteiger partial charge in [-0.2, -0.15) is 4.73 Å². The summed E-state index contributed by atoms with van der Waals surface area (Å²) in [5.74, 6) is -0.379. The van der Waals surface area contributed by atoms with Gasteiger partial charge >= 0.3 is 5.69 Å². The van der Waals surface area contributed by atoms with Gasteiger partial charge in [-0.3, -0.25) is 20.2 Å². The molecule has 0 unspecified atom stereocenters. The van der Waals surface area contributed by atoms with Crippen LogP contribution in [0.5, 0.6) is 0 Å². The highest BCUT2D eigenvalue weighted by Crippen LogP contribution is 2.27. The van der Waals surface area contributed by atoms with E-state index >= 15 is 0 Å². The van der Waals surface area contributed by atoms with Gasteiger partial charge in [0.1, 0.15) is 6.20 Å². The molecule has 11 heteroatoms. The topological polar surface area (TPSA) is 137 Å². The Hall–Kier alpha value is -3.01. The predicted octanol–water partition coefficient (Wildman–Crippen LogP) is 1.82. The van der Waals surface area contributed by atoms with Crippen molar-refractivity contribution in [2.24, 2.45) is 4.99 Å². The van der Waals surface area contributed by atoms with E-state index in [9.17, 15) is 25.4 Å². The Labute approximate surface area is 120 Å². The van der Waals surface area contributed by atoms with Gasteiger partial charge < -0.3 is 5.21 Å². The normalized spacial score (nSPS) is 11.4. The smallest absolute Gasteiger partial charge is 0.320 e. The molecule has 2 heterocycles. The number of rotatable bonds is 3. The minimum atomic E-state index is -0.851. The zero-order valence-electron chi connectivity index (χ0n) is 10.1. The molecule has 0 aliphatic carbocycles. The molecule has 2 rings (SSSR count). The van der Waals surface area contributed by atoms with Crippen LogP contribution >= 0.6 is 11.6 Å². The molecule has 0 saturated heterocycles. The van der Waals surface area contributed by atoms with Gasteiger partial charge in [-0.1, -0.05) is 11.6 Å². The van der Waals surface area contributed by atoms with Crippen LogP contribution in [0, 0.1) is 20.2 Å². The van der Waals surface area contributed by atoms with Crippen molar-refractivity contribution >= 4 is 28.8 Å². The van der Waals surface area contributed by atoms with Crippen molar-refractivity contribution in [1.82, 2.24) is 9.71 Å². The van der Waals surface area contributed by atoms with Gasteiger partial charge in [-0.25, -0.2) is 9.98 Å². The first kappa shape index (κ1) is 14.4. The molecule has 10 nitrogen and oxygen atoms in total. The Morgan fingerprint density at radius 1 is 1.29 bits per heavy atom. The van der Waals surface area contributed by atoms with E-state index in [1.165, 1.54) is 12.1 Å². The molecule has 0 atom stereocenters. The van der Waals surface area contributed by atoms with Crippen LogP contribution in [0.2, 0.25) is 5.02 Å². The summed E-state index contributed by atoms with van der Waals surface area (Å²) in [4.78, 5) is 27.2. The zero-order valence-corrected chi connectivity index (χ0v) is 10.8. The Morgan fingerprint density at radius 2 is 2.00 bits per heavy atom. The lowest BCUT2D eigenvalue weighted by Gasteiger charge is -2.00. The average molecular weight is 312 g/mol. The van der Waals surface area contributed by atoms with Gasteiger partial charge in [0.05, 0.1) is 27.1 Å². The second kappa shape index (κ2) is 5.54. The lowest BCUT2D eigenvalue weighted by atomic mass is 10.3. The van der Waals surface area contributed by atoms with E-state index in [-0.39, 0.29) is 16.3 Å². The summed E-state index contributed by atoms with van der Waals surface area (Å²) in [6.45, 7) is 0. The third-order valence-corrected chi connectivity index (χ3v) is 2.56. The summed E-state index contributed by atoms with van der Waals surface area (Å²) in [5, 5.41) is 31.3. The number of pyridine rings is 2. The van der Waals surface area contributed by atoms with Gasteiger partial charge in [0.2, 0.25) is 5.82 Å². The molecule has 2 aromatic rings. The standard InChI is InChI=1S/C10H6ClN5O5/c11-6-1-2-9(14(17)5-6)13-10-8(16(20)21)3-7(4-12-10)15(18)19/h1-5,17H. The van der Waals surface area contributed by atoms with Gasteiger partial charge in [-0.05, 0) is 12.1 Å². The molecule has 0 spiro atoms. The highest BCUT2D eigenvalue weighted by molar-refractivity contribution is 6.30. The van der Waals surface area contributed by atoms with Crippen LogP contribution in [0.1, 0.15) is 0 Å². The quantitative estimate of drug-likeness (QED) is 0.521. The summed E-state index contributed by atoms with van der Waals surface area (Å²) in [5.41, 5.74) is -1.27. The number of hydrogen-bond donors (Lipinski definition) is 1. The fraction of sp³-hybridized carbons (Fsp3) is 0. The van der Waals surface area contributed by atoms with E-state index in [0.717, 1.165) is 18.5 Å². The first-order valence-electron chi connectivity index (χ1n) is 5.29. The minimum absolute atomic E-state index is 0.0798. The lowest BCUT2D eigenvalue weighted by Crippen LogP contribution is -2.17. The monoisotopic (exact) mass is 311 g/mol. The van der Waals surface area contributed by atoms with Crippen molar-refractivity contribution in [2.75, 3.05) is 0 Å². The van der Waals surface area contributed by atoms with Crippen LogP contribution in [0.4, 0.5) is 17.2 Å². The van der Waals surface area contributed by atoms with Crippen molar-refractivity contribution in [3.8, 4) is 0 Å². The summed E-state index contributed by atoms with van der Waals surface area (Å²) in [6.07, 6.45) is 1.96. The predicted molar refractivity (Wildman–Crippen MR) is 69.4 cm³/mol. The van der Waals surface area contributed by atoms with Crippen LogP contribution in [0.3, 0.4) is 0 Å². The summed E-state index contributed by atoms with van der Waals surface area (Å²) in [6, 6.07) is 3.45. The van der Waals surface area contributed by atoms with E-state index in [1.54, 1.807) is 0 Å². The summed E-state index contributed by atoms with van der Waals surface area (Å²) >= 11 is 5.64. The molecule has 108 valence electrons. The van der Waals surface area contributed by atoms with Crippen LogP contribution in [-0.2, 0) is 0 Å². The maximum atomic E-state index is 10.9. The molecule has 0 fully saturated rings. The summed E-state index contributed by atoms with van der Waals surface area (Å²) in [7, 11) is 0. The van der Waals surface area contributed by atoms with E-state index in [1.807, 2.05) is 0 Å². The van der Waals surface area contributed by atoms with Gasteiger partial charge in [0, 0.05) is 0 Å². The van der Waals surface area contributed by atoms with Crippen molar-refractivity contribution in [3.05, 3.63) is 61.3 Å². The number of nitrogens with zero attached hydrogens (tertiary/aromatic N) is 5. The molecule has 1 N–H and O–H groups in total. The van der Waals surface area contributed by atoms with E-state index in [4.69, 9.17) is 11.6 Å². The van der Waals surface area contributed by atoms with Gasteiger partial charge in [0.25, 0.3) is 5.69 Å². The molecule has 0 radical (unpaired) electrons. The van der Waals surface area contributed by atoms with E-state index in [0.29, 0.717) is 4.73 Å². The highest BCUT2D eigenvalue weighted by Gasteiger charge is 2.20. The Bertz CT molecular complexity index is 803. The third kappa shape index (κ3) is 3.12. The number of halogens is 1. The zero-order chi connectivity index (χ0) is 15.6. The fourth-order valence-electron chi connectivity index (χ4n) is 1.41. The molecule has 0 aliphatic heterocycles. The first-order valence-corrected chi connectivity index (χ1v) is 5.67. The minimum Gasteiger partial charge on any atom is -0.427 e. The van der Waals surface area contributed by atoms with Crippen molar-refractivity contribution < 1.29 is 15.1 Å². The Morgan fingerprint density at radius 3 is 2.57 bits per heavy atom. The fourth-order valence-corrected chi connectivity index (χ4v) is 1.56. The number of nitro groups is 2. The van der Waals surface area contributed by atoms with Crippen LogP contribution < -0.4 is 5.49 Å². The van der Waals surface area contributed by atoms with Crippen molar-refractivity contribution in [2.45, 2.75) is 0 Å². The first-order chi connectivity index (χ1) is 9.88. The Balaban J connectivity index is 2.63. The molecule has 21 heavy (non-hydrogen) atoms. The highest BCUT2D eigenvalue weighted by atomic mass is 35.5. The van der Waals surface area contributed by atoms with Crippen molar-refractivity contribution in [1.29, 1.82) is 0 Å². The largest absolute Gasteiger partial charge is 0.427 e. The molecular formula is C10H6ClN5O5. The van der Waals surface area contributed by atoms with E-state index < -0.39 is 21.2 Å². The summed E-state index contributed by atoms with van der Waals surface area (Å²) < 4.78 is 0.551. The molecule has 0 bridgehead atoms. The van der Waals surface area contributed by atoms with Gasteiger partial charge in [-0.15, -0.1) is 0 Å². The van der Waals surface area contributed by atoms with Crippen LogP contribution in [0.15, 0.2) is 35.6 Å². The number of hydrogen-bond acceptors (Lipinski definition) is 7. The molecular weight excluding hydrogens is 306 g/mol. The van der Waals surface area contributed by atoms with Crippen LogP contribution in [-0.4, -0.2) is 24.8 Å². The molecule has 0 saturated carbocycles. The SMILES string of the molecule is O=[N+]([O-])c1cnc(N=c2ccc(Cl)cn2O)c([N+](=O)[O-])c1. The average Bonchev–Trinajstić information content (AvgIpc) is 2.41. The molecule has 0 amide bonds. The molecule has 2 aromatic heterocycles. The maximum Gasteiger partial charge on any atom is 0.320 e. The lowest BCUT2D eigenvalue weighted by molar-refractivity contribution is -0.394. The molecule has 0 aromatic carbocycles.